The van der Waals surface area contributed by atoms with E-state index in [1.807, 2.05) is 32.0 Å². The molecule has 1 aliphatic carbocycles. The van der Waals surface area contributed by atoms with Crippen LogP contribution in [0.25, 0.3) is 11.3 Å². The molecule has 2 aromatic heterocycles. The Labute approximate surface area is 190 Å². The second kappa shape index (κ2) is 8.43. The minimum Gasteiger partial charge on any atom is -0.490 e. The summed E-state index contributed by atoms with van der Waals surface area (Å²) < 4.78 is 11.2. The number of hydrogen-bond acceptors (Lipinski definition) is 6. The molecule has 2 aliphatic rings. The largest absolute Gasteiger partial charge is 0.490 e. The first-order valence-electron chi connectivity index (χ1n) is 11.0. The van der Waals surface area contributed by atoms with Crippen molar-refractivity contribution in [1.82, 2.24) is 10.5 Å². The topological polar surface area (TPSA) is 93.5 Å². The lowest BCUT2D eigenvalue weighted by Crippen LogP contribution is -2.25. The number of carbonyl (C=O) groups excluding carboxylic acids is 2. The van der Waals surface area contributed by atoms with E-state index in [1.165, 1.54) is 16.2 Å². The van der Waals surface area contributed by atoms with Crippen LogP contribution in [0.5, 0.6) is 5.75 Å². The van der Waals surface area contributed by atoms with Crippen molar-refractivity contribution in [2.45, 2.75) is 52.1 Å². The van der Waals surface area contributed by atoms with Crippen LogP contribution in [0.4, 0.5) is 5.00 Å². The van der Waals surface area contributed by atoms with Gasteiger partial charge >= 0.3 is 0 Å². The monoisotopic (exact) mass is 451 g/mol. The normalized spacial score (nSPS) is 16.8. The van der Waals surface area contributed by atoms with Gasteiger partial charge in [-0.15, -0.1) is 11.3 Å². The van der Waals surface area contributed by atoms with Gasteiger partial charge in [0.2, 0.25) is 0 Å². The van der Waals surface area contributed by atoms with E-state index in [0.29, 0.717) is 22.9 Å². The maximum Gasteiger partial charge on any atom is 0.278 e. The summed E-state index contributed by atoms with van der Waals surface area (Å²) in [7, 11) is 0. The third kappa shape index (κ3) is 3.79. The van der Waals surface area contributed by atoms with Gasteiger partial charge in [0, 0.05) is 29.5 Å². The summed E-state index contributed by atoms with van der Waals surface area (Å²) >= 11 is 1.49. The summed E-state index contributed by atoms with van der Waals surface area (Å²) in [5.41, 5.74) is 3.81. The van der Waals surface area contributed by atoms with Gasteiger partial charge in [0.1, 0.15) is 16.9 Å². The molecular formula is C24H25N3O4S. The van der Waals surface area contributed by atoms with Crippen LogP contribution < -0.4 is 15.4 Å². The number of rotatable bonds is 5. The van der Waals surface area contributed by atoms with Crippen molar-refractivity contribution in [1.29, 1.82) is 0 Å². The maximum absolute atomic E-state index is 13.0. The molecule has 0 spiro atoms. The fourth-order valence-electron chi connectivity index (χ4n) is 4.40. The first-order chi connectivity index (χ1) is 15.5. The lowest BCUT2D eigenvalue weighted by molar-refractivity contribution is 0.0956. The minimum absolute atomic E-state index is 0.141. The molecule has 5 rings (SSSR count). The third-order valence-corrected chi connectivity index (χ3v) is 7.09. The lowest BCUT2D eigenvalue weighted by Gasteiger charge is -2.12. The summed E-state index contributed by atoms with van der Waals surface area (Å²) in [6.45, 7) is 4.46. The Kier molecular flexibility index (Phi) is 5.46. The predicted molar refractivity (Wildman–Crippen MR) is 123 cm³/mol. The zero-order valence-electron chi connectivity index (χ0n) is 18.1. The lowest BCUT2D eigenvalue weighted by atomic mass is 9.95. The molecule has 1 aliphatic heterocycles. The SMILES string of the molecule is CCNC(=O)c1c(NC(=O)c2cc(-c3ccc4c(c3)C[C@@H](C)O4)on2)sc2c1CCCC2. The molecule has 1 aromatic carbocycles. The second-order valence-electron chi connectivity index (χ2n) is 8.26. The first-order valence-corrected chi connectivity index (χ1v) is 11.9. The summed E-state index contributed by atoms with van der Waals surface area (Å²) in [6.07, 6.45) is 4.97. The number of aromatic nitrogens is 1. The van der Waals surface area contributed by atoms with Crippen LogP contribution in [0, 0.1) is 0 Å². The summed E-state index contributed by atoms with van der Waals surface area (Å²) in [5, 5.41) is 10.3. The van der Waals surface area contributed by atoms with Gasteiger partial charge in [0.15, 0.2) is 11.5 Å². The predicted octanol–water partition coefficient (Wildman–Crippen LogP) is 4.61. The van der Waals surface area contributed by atoms with Gasteiger partial charge in [-0.3, -0.25) is 9.59 Å². The van der Waals surface area contributed by atoms with E-state index in [1.54, 1.807) is 6.07 Å². The van der Waals surface area contributed by atoms with Crippen LogP contribution >= 0.6 is 11.3 Å². The Balaban J connectivity index is 1.39. The van der Waals surface area contributed by atoms with Crippen molar-refractivity contribution in [3.63, 3.8) is 0 Å². The van der Waals surface area contributed by atoms with Gasteiger partial charge in [-0.1, -0.05) is 5.16 Å². The highest BCUT2D eigenvalue weighted by Crippen LogP contribution is 2.38. The average Bonchev–Trinajstić information content (AvgIpc) is 3.48. The van der Waals surface area contributed by atoms with Crippen molar-refractivity contribution >= 4 is 28.2 Å². The van der Waals surface area contributed by atoms with Crippen LogP contribution in [-0.4, -0.2) is 29.6 Å². The summed E-state index contributed by atoms with van der Waals surface area (Å²) in [5.74, 6) is 0.880. The fraction of sp³-hybridized carbons (Fsp3) is 0.375. The molecule has 0 fully saturated rings. The number of aryl methyl sites for hydroxylation is 1. The van der Waals surface area contributed by atoms with Gasteiger partial charge < -0.3 is 19.9 Å². The maximum atomic E-state index is 13.0. The Hall–Kier alpha value is -3.13. The van der Waals surface area contributed by atoms with Crippen LogP contribution in [-0.2, 0) is 19.3 Å². The molecule has 0 saturated heterocycles. The second-order valence-corrected chi connectivity index (χ2v) is 9.37. The zero-order chi connectivity index (χ0) is 22.2. The van der Waals surface area contributed by atoms with Crippen molar-refractivity contribution in [3.05, 3.63) is 51.5 Å². The number of hydrogen-bond donors (Lipinski definition) is 2. The Morgan fingerprint density at radius 3 is 2.88 bits per heavy atom. The Morgan fingerprint density at radius 1 is 1.19 bits per heavy atom. The number of benzene rings is 1. The Bertz CT molecular complexity index is 1200. The van der Waals surface area contributed by atoms with E-state index >= 15 is 0 Å². The number of nitrogens with one attached hydrogen (secondary N) is 2. The van der Waals surface area contributed by atoms with E-state index in [9.17, 15) is 9.59 Å². The Morgan fingerprint density at radius 2 is 2.03 bits per heavy atom. The van der Waals surface area contributed by atoms with Crippen LogP contribution in [0.1, 0.15) is 63.5 Å². The first kappa shape index (κ1) is 20.8. The third-order valence-electron chi connectivity index (χ3n) is 5.89. The average molecular weight is 452 g/mol. The molecule has 3 aromatic rings. The molecule has 166 valence electrons. The number of nitrogens with zero attached hydrogens (tertiary/aromatic N) is 1. The fourth-order valence-corrected chi connectivity index (χ4v) is 5.69. The van der Waals surface area contributed by atoms with Crippen LogP contribution in [0.3, 0.4) is 0 Å². The van der Waals surface area contributed by atoms with Crippen molar-refractivity contribution < 1.29 is 18.8 Å². The summed E-state index contributed by atoms with van der Waals surface area (Å²) in [4.78, 5) is 26.9. The minimum atomic E-state index is -0.387. The standard InChI is InChI=1S/C24H25N3O4S/c1-3-25-23(29)21-16-6-4-5-7-20(16)32-24(21)26-22(28)17-12-19(31-27-17)14-8-9-18-15(11-14)10-13(2)30-18/h8-9,11-13H,3-7,10H2,1-2H3,(H,25,29)(H,26,28)/t13-/m1/s1. The van der Waals surface area contributed by atoms with Crippen molar-refractivity contribution in [3.8, 4) is 17.1 Å². The van der Waals surface area contributed by atoms with E-state index in [0.717, 1.165) is 54.5 Å². The summed E-state index contributed by atoms with van der Waals surface area (Å²) in [6, 6.07) is 7.47. The molecule has 8 heteroatoms. The van der Waals surface area contributed by atoms with Crippen molar-refractivity contribution in [2.24, 2.45) is 0 Å². The van der Waals surface area contributed by atoms with E-state index in [4.69, 9.17) is 9.26 Å². The number of ether oxygens (including phenoxy) is 1. The molecule has 1 atom stereocenters. The highest BCUT2D eigenvalue weighted by molar-refractivity contribution is 7.17. The van der Waals surface area contributed by atoms with Gasteiger partial charge in [0.25, 0.3) is 11.8 Å². The van der Waals surface area contributed by atoms with Gasteiger partial charge in [-0.25, -0.2) is 0 Å². The molecule has 0 saturated carbocycles. The molecular weight excluding hydrogens is 426 g/mol. The smallest absolute Gasteiger partial charge is 0.278 e. The molecule has 2 amide bonds. The number of anilines is 1. The van der Waals surface area contributed by atoms with Gasteiger partial charge in [0.05, 0.1) is 5.56 Å². The number of carbonyl (C=O) groups is 2. The molecule has 7 nitrogen and oxygen atoms in total. The van der Waals surface area contributed by atoms with Crippen LogP contribution in [0.15, 0.2) is 28.8 Å². The van der Waals surface area contributed by atoms with E-state index in [-0.39, 0.29) is 23.6 Å². The van der Waals surface area contributed by atoms with Crippen LogP contribution in [0.2, 0.25) is 0 Å². The number of fused-ring (bicyclic) bond motifs is 2. The highest BCUT2D eigenvalue weighted by Gasteiger charge is 2.27. The quantitative estimate of drug-likeness (QED) is 0.591. The molecule has 32 heavy (non-hydrogen) atoms. The molecule has 2 N–H and O–H groups in total. The zero-order valence-corrected chi connectivity index (χ0v) is 18.9. The molecule has 3 heterocycles. The molecule has 0 unspecified atom stereocenters. The van der Waals surface area contributed by atoms with Gasteiger partial charge in [-0.2, -0.15) is 0 Å². The van der Waals surface area contributed by atoms with E-state index in [2.05, 4.69) is 15.8 Å². The number of thiophene rings is 1. The number of amides is 2. The molecule has 0 bridgehead atoms. The molecule has 0 radical (unpaired) electrons. The van der Waals surface area contributed by atoms with Gasteiger partial charge in [-0.05, 0) is 68.9 Å². The highest BCUT2D eigenvalue weighted by atomic mass is 32.1. The van der Waals surface area contributed by atoms with Crippen molar-refractivity contribution in [2.75, 3.05) is 11.9 Å². The van der Waals surface area contributed by atoms with E-state index < -0.39 is 0 Å².